The summed E-state index contributed by atoms with van der Waals surface area (Å²) in [5.74, 6) is -3.43. The summed E-state index contributed by atoms with van der Waals surface area (Å²) in [5.41, 5.74) is 0. The molecule has 0 radical (unpaired) electrons. The Balaban J connectivity index is 1.64. The molecule has 3 fully saturated rings. The van der Waals surface area contributed by atoms with Gasteiger partial charge in [-0.3, -0.25) is 19.3 Å². The van der Waals surface area contributed by atoms with Gasteiger partial charge in [-0.25, -0.2) is 4.79 Å². The van der Waals surface area contributed by atoms with E-state index in [4.69, 9.17) is 9.84 Å². The van der Waals surface area contributed by atoms with E-state index in [1.165, 1.54) is 0 Å². The van der Waals surface area contributed by atoms with Gasteiger partial charge in [-0.15, -0.1) is 0 Å². The molecular formula is C15H20N2O6. The van der Waals surface area contributed by atoms with Crippen molar-refractivity contribution >= 4 is 23.7 Å². The number of hydrogen-bond acceptors (Lipinski definition) is 5. The van der Waals surface area contributed by atoms with Gasteiger partial charge in [0.05, 0.1) is 24.0 Å². The van der Waals surface area contributed by atoms with Crippen LogP contribution in [0.25, 0.3) is 0 Å². The van der Waals surface area contributed by atoms with Crippen molar-refractivity contribution in [3.63, 3.8) is 0 Å². The van der Waals surface area contributed by atoms with Gasteiger partial charge in [-0.1, -0.05) is 13.3 Å². The lowest BCUT2D eigenvalue weighted by Crippen LogP contribution is -2.47. The number of imide groups is 1. The van der Waals surface area contributed by atoms with E-state index >= 15 is 0 Å². The van der Waals surface area contributed by atoms with Crippen LogP contribution in [0.5, 0.6) is 0 Å². The number of hydrogen-bond donors (Lipinski definition) is 2. The number of carbonyl (C=O) groups is 4. The summed E-state index contributed by atoms with van der Waals surface area (Å²) in [6.45, 7) is 1.39. The van der Waals surface area contributed by atoms with Gasteiger partial charge in [0.25, 0.3) is 0 Å². The molecule has 0 spiro atoms. The highest BCUT2D eigenvalue weighted by atomic mass is 16.5. The van der Waals surface area contributed by atoms with Gasteiger partial charge in [0.2, 0.25) is 17.7 Å². The minimum Gasteiger partial charge on any atom is -0.480 e. The Morgan fingerprint density at radius 2 is 1.83 bits per heavy atom. The van der Waals surface area contributed by atoms with Crippen LogP contribution < -0.4 is 5.32 Å². The summed E-state index contributed by atoms with van der Waals surface area (Å²) < 4.78 is 5.61. The van der Waals surface area contributed by atoms with E-state index < -0.39 is 36.3 Å². The van der Waals surface area contributed by atoms with Gasteiger partial charge in [0.15, 0.2) is 0 Å². The monoisotopic (exact) mass is 324 g/mol. The fraction of sp³-hybridized carbons (Fsp3) is 0.733. The zero-order valence-corrected chi connectivity index (χ0v) is 12.9. The molecule has 8 nitrogen and oxygen atoms in total. The first-order valence-electron chi connectivity index (χ1n) is 7.97. The van der Waals surface area contributed by atoms with Crippen molar-refractivity contribution in [2.45, 2.75) is 50.9 Å². The maximum Gasteiger partial charge on any atom is 0.326 e. The average molecular weight is 324 g/mol. The summed E-state index contributed by atoms with van der Waals surface area (Å²) in [6.07, 6.45) is 1.99. The third-order valence-electron chi connectivity index (χ3n) is 4.89. The number of rotatable bonds is 6. The van der Waals surface area contributed by atoms with Crippen molar-refractivity contribution in [1.29, 1.82) is 0 Å². The van der Waals surface area contributed by atoms with Gasteiger partial charge in [-0.05, 0) is 19.3 Å². The van der Waals surface area contributed by atoms with Gasteiger partial charge >= 0.3 is 5.97 Å². The van der Waals surface area contributed by atoms with Crippen LogP contribution in [-0.2, 0) is 23.9 Å². The van der Waals surface area contributed by atoms with Crippen molar-refractivity contribution in [3.8, 4) is 0 Å². The molecule has 3 aliphatic heterocycles. The first-order valence-corrected chi connectivity index (χ1v) is 7.97. The highest BCUT2D eigenvalue weighted by molar-refractivity contribution is 6.08. The minimum atomic E-state index is -1.12. The number of carboxylic acids is 1. The third-order valence-corrected chi connectivity index (χ3v) is 4.89. The van der Waals surface area contributed by atoms with Crippen molar-refractivity contribution in [3.05, 3.63) is 0 Å². The van der Waals surface area contributed by atoms with Crippen LogP contribution in [0.3, 0.4) is 0 Å². The predicted octanol–water partition coefficient (Wildman–Crippen LogP) is -0.482. The SMILES string of the molecule is CCCC(NC(=O)CN1C(=O)C2C3CCC(O3)C2C1=O)C(=O)O. The normalized spacial score (nSPS) is 33.0. The average Bonchev–Trinajstić information content (AvgIpc) is 3.16. The van der Waals surface area contributed by atoms with Crippen LogP contribution in [0.2, 0.25) is 0 Å². The maximum absolute atomic E-state index is 12.4. The summed E-state index contributed by atoms with van der Waals surface area (Å²) in [6, 6.07) is -1.00. The van der Waals surface area contributed by atoms with E-state index in [1.54, 1.807) is 0 Å². The molecule has 5 unspecified atom stereocenters. The lowest BCUT2D eigenvalue weighted by molar-refractivity contribution is -0.146. The molecule has 0 aromatic rings. The molecule has 0 aromatic carbocycles. The quantitative estimate of drug-likeness (QED) is 0.638. The van der Waals surface area contributed by atoms with Crippen LogP contribution >= 0.6 is 0 Å². The molecule has 23 heavy (non-hydrogen) atoms. The number of fused-ring (bicyclic) bond motifs is 5. The fourth-order valence-electron chi connectivity index (χ4n) is 3.86. The first kappa shape index (κ1) is 15.9. The second kappa shape index (κ2) is 5.92. The Morgan fingerprint density at radius 3 is 2.30 bits per heavy atom. The number of likely N-dealkylation sites (tertiary alicyclic amines) is 1. The number of nitrogens with one attached hydrogen (secondary N) is 1. The Hall–Kier alpha value is -1.96. The number of nitrogens with zero attached hydrogens (tertiary/aromatic N) is 1. The van der Waals surface area contributed by atoms with Crippen molar-refractivity contribution in [1.82, 2.24) is 10.2 Å². The second-order valence-corrected chi connectivity index (χ2v) is 6.35. The third kappa shape index (κ3) is 2.60. The molecule has 0 saturated carbocycles. The lowest BCUT2D eigenvalue weighted by Gasteiger charge is -2.19. The molecule has 8 heteroatoms. The minimum absolute atomic E-state index is 0.221. The van der Waals surface area contributed by atoms with E-state index in [1.807, 2.05) is 6.92 Å². The molecule has 0 aliphatic carbocycles. The molecule has 3 heterocycles. The highest BCUT2D eigenvalue weighted by Crippen LogP contribution is 2.48. The fourth-order valence-corrected chi connectivity index (χ4v) is 3.86. The van der Waals surface area contributed by atoms with Crippen molar-refractivity contribution in [2.24, 2.45) is 11.8 Å². The molecule has 3 saturated heterocycles. The molecule has 5 atom stereocenters. The smallest absolute Gasteiger partial charge is 0.326 e. The first-order chi connectivity index (χ1) is 10.9. The predicted molar refractivity (Wildman–Crippen MR) is 76.1 cm³/mol. The number of carboxylic acid groups (broad SMARTS) is 1. The van der Waals surface area contributed by atoms with Crippen LogP contribution in [0, 0.1) is 11.8 Å². The maximum atomic E-state index is 12.4. The topological polar surface area (TPSA) is 113 Å². The number of carbonyl (C=O) groups excluding carboxylic acids is 3. The Bertz CT molecular complexity index is 534. The summed E-state index contributed by atoms with van der Waals surface area (Å²) in [4.78, 5) is 48.8. The molecule has 3 rings (SSSR count). The molecule has 3 amide bonds. The Labute approximate surface area is 133 Å². The van der Waals surface area contributed by atoms with Crippen LogP contribution in [0.15, 0.2) is 0 Å². The second-order valence-electron chi connectivity index (χ2n) is 6.35. The van der Waals surface area contributed by atoms with Crippen molar-refractivity contribution < 1.29 is 29.0 Å². The van der Waals surface area contributed by atoms with E-state index in [2.05, 4.69) is 5.32 Å². The molecule has 3 aliphatic rings. The van der Waals surface area contributed by atoms with E-state index in [-0.39, 0.29) is 24.0 Å². The van der Waals surface area contributed by atoms with Gasteiger partial charge in [-0.2, -0.15) is 0 Å². The highest BCUT2D eigenvalue weighted by Gasteiger charge is 2.62. The van der Waals surface area contributed by atoms with Gasteiger partial charge < -0.3 is 15.2 Å². The molecule has 0 aromatic heterocycles. The summed E-state index contributed by atoms with van der Waals surface area (Å²) >= 11 is 0. The largest absolute Gasteiger partial charge is 0.480 e. The summed E-state index contributed by atoms with van der Waals surface area (Å²) in [5, 5.41) is 11.4. The summed E-state index contributed by atoms with van der Waals surface area (Å²) in [7, 11) is 0. The number of amides is 3. The van der Waals surface area contributed by atoms with Crippen LogP contribution in [-0.4, -0.2) is 58.5 Å². The molecule has 2 N–H and O–H groups in total. The molecule has 2 bridgehead atoms. The van der Waals surface area contributed by atoms with Crippen molar-refractivity contribution in [2.75, 3.05) is 6.54 Å². The van der Waals surface area contributed by atoms with Crippen LogP contribution in [0.4, 0.5) is 0 Å². The van der Waals surface area contributed by atoms with Crippen LogP contribution in [0.1, 0.15) is 32.6 Å². The van der Waals surface area contributed by atoms with Gasteiger partial charge in [0.1, 0.15) is 12.6 Å². The van der Waals surface area contributed by atoms with E-state index in [9.17, 15) is 19.2 Å². The van der Waals surface area contributed by atoms with Gasteiger partial charge in [0, 0.05) is 0 Å². The molecule has 126 valence electrons. The van der Waals surface area contributed by atoms with E-state index in [0.717, 1.165) is 17.7 Å². The number of ether oxygens (including phenoxy) is 1. The number of aliphatic carboxylic acids is 1. The molecular weight excluding hydrogens is 304 g/mol. The zero-order valence-electron chi connectivity index (χ0n) is 12.9. The zero-order chi connectivity index (χ0) is 16.7. The van der Waals surface area contributed by atoms with E-state index in [0.29, 0.717) is 12.8 Å². The standard InChI is InChI=1S/C15H20N2O6/c1-2-3-7(15(21)22)16-10(18)6-17-13(19)11-8-4-5-9(23-8)12(11)14(17)20/h7-9,11-12H,2-6H2,1H3,(H,16,18)(H,21,22). The lowest BCUT2D eigenvalue weighted by atomic mass is 9.81. The Morgan fingerprint density at radius 1 is 1.26 bits per heavy atom. The Kier molecular flexibility index (Phi) is 4.09.